The number of alkyl halides is 3. The first-order chi connectivity index (χ1) is 10.6. The highest BCUT2D eigenvalue weighted by Crippen LogP contribution is 2.27. The first-order valence-corrected chi connectivity index (χ1v) is 6.81. The van der Waals surface area contributed by atoms with Crippen molar-refractivity contribution in [2.45, 2.75) is 46.3 Å². The molecule has 1 N–H and O–H groups in total. The molecule has 0 saturated carbocycles. The van der Waals surface area contributed by atoms with Gasteiger partial charge in [-0.05, 0) is 32.9 Å². The number of anilines is 1. The van der Waals surface area contributed by atoms with Gasteiger partial charge < -0.3 is 5.32 Å². The van der Waals surface area contributed by atoms with Crippen LogP contribution in [0.5, 0.6) is 0 Å². The lowest BCUT2D eigenvalue weighted by Crippen LogP contribution is -2.22. The summed E-state index contributed by atoms with van der Waals surface area (Å²) in [5.41, 5.74) is 1.55. The zero-order valence-corrected chi connectivity index (χ0v) is 13.0. The van der Waals surface area contributed by atoms with Crippen LogP contribution in [-0.2, 0) is 11.3 Å². The Balaban J connectivity index is 2.23. The topological polar surface area (TPSA) is 85.8 Å². The van der Waals surface area contributed by atoms with Gasteiger partial charge in [-0.15, -0.1) is 0 Å². The lowest BCUT2D eigenvalue weighted by Gasteiger charge is -2.13. The number of carbonyl (C=O) groups is 1. The van der Waals surface area contributed by atoms with Crippen LogP contribution in [0.3, 0.4) is 0 Å². The molecule has 23 heavy (non-hydrogen) atoms. The summed E-state index contributed by atoms with van der Waals surface area (Å²) in [6.45, 7) is 5.08. The molecule has 126 valence electrons. The van der Waals surface area contributed by atoms with Gasteiger partial charge in [0, 0.05) is 11.3 Å². The van der Waals surface area contributed by atoms with Crippen LogP contribution in [0.1, 0.15) is 35.5 Å². The number of aromatic nitrogens is 4. The summed E-state index contributed by atoms with van der Waals surface area (Å²) in [4.78, 5) is 12.3. The fraction of sp³-hybridized carbons (Fsp3) is 0.538. The second-order valence-electron chi connectivity index (χ2n) is 5.27. The van der Waals surface area contributed by atoms with Gasteiger partial charge in [-0.2, -0.15) is 18.3 Å². The minimum Gasteiger partial charge on any atom is -0.306 e. The molecule has 1 atom stereocenters. The molecule has 0 aliphatic heterocycles. The number of hydrogen-bond acceptors (Lipinski definition) is 5. The maximum absolute atomic E-state index is 12.6. The highest BCUT2D eigenvalue weighted by Gasteiger charge is 2.31. The number of nitrogens with one attached hydrogen (secondary N) is 1. The standard InChI is InChI=1S/C13H16F3N5O2/c1-6(12(22)17-11-8(3)19-23-20-11)10-7(2)18-21(9(10)4)5-13(14,15)16/h6H,5H2,1-4H3,(H,17,20,22)/t6-/m1/s1. The summed E-state index contributed by atoms with van der Waals surface area (Å²) < 4.78 is 43.0. The molecule has 0 aromatic carbocycles. The van der Waals surface area contributed by atoms with Crippen LogP contribution < -0.4 is 5.32 Å². The molecule has 2 rings (SSSR count). The second kappa shape index (κ2) is 6.01. The molecule has 0 spiro atoms. The molecule has 0 fully saturated rings. The van der Waals surface area contributed by atoms with Crippen LogP contribution in [-0.4, -0.2) is 32.2 Å². The molecular formula is C13H16F3N5O2. The minimum absolute atomic E-state index is 0.180. The van der Waals surface area contributed by atoms with E-state index in [9.17, 15) is 18.0 Å². The van der Waals surface area contributed by atoms with E-state index in [0.29, 0.717) is 22.6 Å². The Labute approximate surface area is 129 Å². The number of amides is 1. The van der Waals surface area contributed by atoms with E-state index in [1.54, 1.807) is 20.8 Å². The smallest absolute Gasteiger partial charge is 0.306 e. The summed E-state index contributed by atoms with van der Waals surface area (Å²) in [6, 6.07) is 0. The van der Waals surface area contributed by atoms with Crippen LogP contribution >= 0.6 is 0 Å². The van der Waals surface area contributed by atoms with E-state index in [1.807, 2.05) is 0 Å². The average molecular weight is 331 g/mol. The number of rotatable bonds is 4. The largest absolute Gasteiger partial charge is 0.408 e. The number of carbonyl (C=O) groups excluding carboxylic acids is 1. The molecule has 1 amide bonds. The predicted molar refractivity (Wildman–Crippen MR) is 73.8 cm³/mol. The van der Waals surface area contributed by atoms with Crippen LogP contribution in [0.4, 0.5) is 19.0 Å². The summed E-state index contributed by atoms with van der Waals surface area (Å²) in [6.07, 6.45) is -4.38. The average Bonchev–Trinajstić information content (AvgIpc) is 2.92. The molecule has 2 aromatic heterocycles. The van der Waals surface area contributed by atoms with Gasteiger partial charge in [-0.3, -0.25) is 9.48 Å². The van der Waals surface area contributed by atoms with Crippen molar-refractivity contribution >= 4 is 11.7 Å². The van der Waals surface area contributed by atoms with Crippen LogP contribution in [0, 0.1) is 20.8 Å². The lowest BCUT2D eigenvalue weighted by molar-refractivity contribution is -0.142. The van der Waals surface area contributed by atoms with Crippen molar-refractivity contribution in [2.24, 2.45) is 0 Å². The van der Waals surface area contributed by atoms with Crippen LogP contribution in [0.2, 0.25) is 0 Å². The minimum atomic E-state index is -4.38. The first kappa shape index (κ1) is 17.0. The van der Waals surface area contributed by atoms with Crippen molar-refractivity contribution in [1.29, 1.82) is 0 Å². The Bertz CT molecular complexity index is 720. The van der Waals surface area contributed by atoms with E-state index in [0.717, 1.165) is 4.68 Å². The second-order valence-corrected chi connectivity index (χ2v) is 5.27. The quantitative estimate of drug-likeness (QED) is 0.930. The fourth-order valence-corrected chi connectivity index (χ4v) is 2.36. The Hall–Kier alpha value is -2.39. The Kier molecular flexibility index (Phi) is 4.44. The number of halogens is 3. The van der Waals surface area contributed by atoms with Crippen LogP contribution in [0.15, 0.2) is 4.63 Å². The first-order valence-electron chi connectivity index (χ1n) is 6.81. The van der Waals surface area contributed by atoms with Crippen molar-refractivity contribution in [1.82, 2.24) is 20.1 Å². The SMILES string of the molecule is Cc1nonc1NC(=O)[C@H](C)c1c(C)nn(CC(F)(F)F)c1C. The van der Waals surface area contributed by atoms with Crippen molar-refractivity contribution in [2.75, 3.05) is 5.32 Å². The van der Waals surface area contributed by atoms with Gasteiger partial charge in [-0.1, -0.05) is 5.16 Å². The van der Waals surface area contributed by atoms with E-state index in [2.05, 4.69) is 25.4 Å². The molecule has 2 heterocycles. The highest BCUT2D eigenvalue weighted by atomic mass is 19.4. The zero-order valence-electron chi connectivity index (χ0n) is 13.0. The van der Waals surface area contributed by atoms with E-state index in [1.165, 1.54) is 6.92 Å². The van der Waals surface area contributed by atoms with Crippen molar-refractivity contribution in [3.8, 4) is 0 Å². The molecular weight excluding hydrogens is 315 g/mol. The molecule has 7 nitrogen and oxygen atoms in total. The third-order valence-corrected chi connectivity index (χ3v) is 3.49. The predicted octanol–water partition coefficient (Wildman–Crippen LogP) is 2.50. The Morgan fingerprint density at radius 2 is 1.91 bits per heavy atom. The summed E-state index contributed by atoms with van der Waals surface area (Å²) >= 11 is 0. The van der Waals surface area contributed by atoms with Gasteiger partial charge >= 0.3 is 6.18 Å². The molecule has 2 aromatic rings. The highest BCUT2D eigenvalue weighted by molar-refractivity contribution is 5.95. The van der Waals surface area contributed by atoms with Crippen molar-refractivity contribution in [3.05, 3.63) is 22.6 Å². The molecule has 10 heteroatoms. The third kappa shape index (κ3) is 3.69. The molecule has 0 radical (unpaired) electrons. The summed E-state index contributed by atoms with van der Waals surface area (Å²) in [5, 5.41) is 13.5. The molecule has 0 unspecified atom stereocenters. The maximum Gasteiger partial charge on any atom is 0.408 e. The van der Waals surface area contributed by atoms with E-state index < -0.39 is 24.5 Å². The molecule has 0 saturated heterocycles. The summed E-state index contributed by atoms with van der Waals surface area (Å²) in [5.74, 6) is -0.950. The van der Waals surface area contributed by atoms with Crippen molar-refractivity contribution < 1.29 is 22.6 Å². The van der Waals surface area contributed by atoms with E-state index >= 15 is 0 Å². The summed E-state index contributed by atoms with van der Waals surface area (Å²) in [7, 11) is 0. The van der Waals surface area contributed by atoms with Crippen molar-refractivity contribution in [3.63, 3.8) is 0 Å². The normalized spacial score (nSPS) is 13.2. The van der Waals surface area contributed by atoms with E-state index in [4.69, 9.17) is 0 Å². The van der Waals surface area contributed by atoms with E-state index in [-0.39, 0.29) is 5.82 Å². The molecule has 0 aliphatic carbocycles. The van der Waals surface area contributed by atoms with Gasteiger partial charge in [-0.25, -0.2) is 4.63 Å². The molecule has 0 bridgehead atoms. The van der Waals surface area contributed by atoms with Gasteiger partial charge in [0.2, 0.25) is 5.91 Å². The van der Waals surface area contributed by atoms with Gasteiger partial charge in [0.1, 0.15) is 12.2 Å². The number of aryl methyl sites for hydroxylation is 2. The zero-order chi connectivity index (χ0) is 17.4. The fourth-order valence-electron chi connectivity index (χ4n) is 2.36. The maximum atomic E-state index is 12.6. The number of nitrogens with zero attached hydrogens (tertiary/aromatic N) is 4. The monoisotopic (exact) mass is 331 g/mol. The lowest BCUT2D eigenvalue weighted by atomic mass is 9.98. The van der Waals surface area contributed by atoms with Crippen LogP contribution in [0.25, 0.3) is 0 Å². The van der Waals surface area contributed by atoms with Gasteiger partial charge in [0.25, 0.3) is 0 Å². The van der Waals surface area contributed by atoms with Gasteiger partial charge in [0.15, 0.2) is 5.82 Å². The molecule has 0 aliphatic rings. The number of hydrogen-bond donors (Lipinski definition) is 1. The Morgan fingerprint density at radius 3 is 2.43 bits per heavy atom. The Morgan fingerprint density at radius 1 is 1.26 bits per heavy atom. The van der Waals surface area contributed by atoms with Gasteiger partial charge in [0.05, 0.1) is 11.6 Å². The third-order valence-electron chi connectivity index (χ3n) is 3.49.